The van der Waals surface area contributed by atoms with E-state index in [0.717, 1.165) is 11.3 Å². The van der Waals surface area contributed by atoms with Crippen LogP contribution in [0, 0.1) is 5.41 Å². The normalized spacial score (nSPS) is 12.7. The summed E-state index contributed by atoms with van der Waals surface area (Å²) in [7, 11) is -3.62. The number of carbonyl (C=O) groups is 1. The topological polar surface area (TPSA) is 92.3 Å². The van der Waals surface area contributed by atoms with Gasteiger partial charge in [0.25, 0.3) is 10.0 Å². The van der Waals surface area contributed by atoms with Crippen LogP contribution in [0.3, 0.4) is 0 Å². The first-order valence-electron chi connectivity index (χ1n) is 6.28. The van der Waals surface area contributed by atoms with Crippen molar-refractivity contribution in [1.29, 1.82) is 0 Å². The highest BCUT2D eigenvalue weighted by atomic mass is 32.2. The monoisotopic (exact) mass is 320 g/mol. The summed E-state index contributed by atoms with van der Waals surface area (Å²) >= 11 is 0.860. The number of hydrogen-bond donors (Lipinski definition) is 1. The minimum Gasteiger partial charge on any atom is -0.300 e. The van der Waals surface area contributed by atoms with Crippen LogP contribution >= 0.6 is 11.3 Å². The Hall–Kier alpha value is -1.06. The van der Waals surface area contributed by atoms with Crippen molar-refractivity contribution in [2.24, 2.45) is 5.41 Å². The van der Waals surface area contributed by atoms with Crippen LogP contribution in [0.1, 0.15) is 34.6 Å². The number of nitrogens with one attached hydrogen (secondary N) is 1. The summed E-state index contributed by atoms with van der Waals surface area (Å²) in [5.41, 5.74) is -0.580. The molecule has 0 aliphatic heterocycles. The van der Waals surface area contributed by atoms with Gasteiger partial charge in [0, 0.05) is 18.5 Å². The number of amides is 1. The molecule has 0 saturated carbocycles. The van der Waals surface area contributed by atoms with Gasteiger partial charge in [-0.2, -0.15) is 4.31 Å². The molecule has 1 aromatic rings. The first-order chi connectivity index (χ1) is 9.12. The lowest BCUT2D eigenvalue weighted by molar-refractivity contribution is -0.123. The summed E-state index contributed by atoms with van der Waals surface area (Å²) in [5.74, 6) is -0.236. The molecule has 0 aliphatic rings. The third-order valence-corrected chi connectivity index (χ3v) is 5.81. The van der Waals surface area contributed by atoms with Gasteiger partial charge in [-0.1, -0.05) is 46.0 Å². The molecule has 7 nitrogen and oxygen atoms in total. The summed E-state index contributed by atoms with van der Waals surface area (Å²) in [6, 6.07) is 0. The quantitative estimate of drug-likeness (QED) is 0.831. The van der Waals surface area contributed by atoms with E-state index in [-0.39, 0.29) is 15.4 Å². The van der Waals surface area contributed by atoms with Gasteiger partial charge in [0.15, 0.2) is 0 Å². The molecule has 1 amide bonds. The molecule has 1 rings (SSSR count). The second-order valence-corrected chi connectivity index (χ2v) is 8.26. The molecule has 0 fully saturated rings. The smallest absolute Gasteiger partial charge is 0.272 e. The zero-order valence-electron chi connectivity index (χ0n) is 12.3. The van der Waals surface area contributed by atoms with Crippen LogP contribution in [0.2, 0.25) is 0 Å². The lowest BCUT2D eigenvalue weighted by atomic mass is 9.96. The first-order valence-corrected chi connectivity index (χ1v) is 8.53. The van der Waals surface area contributed by atoms with Crippen molar-refractivity contribution >= 4 is 32.4 Å². The molecule has 0 atom stereocenters. The minimum atomic E-state index is -3.62. The molecule has 0 aromatic carbocycles. The summed E-state index contributed by atoms with van der Waals surface area (Å²) in [6.07, 6.45) is 0. The first kappa shape index (κ1) is 17.0. The van der Waals surface area contributed by atoms with E-state index < -0.39 is 15.4 Å². The molecule has 0 spiro atoms. The van der Waals surface area contributed by atoms with Gasteiger partial charge in [-0.25, -0.2) is 8.42 Å². The predicted molar refractivity (Wildman–Crippen MR) is 78.1 cm³/mol. The van der Waals surface area contributed by atoms with Crippen molar-refractivity contribution in [3.05, 3.63) is 0 Å². The van der Waals surface area contributed by atoms with Crippen LogP contribution in [0.15, 0.2) is 4.34 Å². The van der Waals surface area contributed by atoms with Crippen molar-refractivity contribution in [1.82, 2.24) is 14.5 Å². The fraction of sp³-hybridized carbons (Fsp3) is 0.727. The fourth-order valence-electron chi connectivity index (χ4n) is 1.32. The van der Waals surface area contributed by atoms with Gasteiger partial charge in [0.05, 0.1) is 0 Å². The summed E-state index contributed by atoms with van der Waals surface area (Å²) in [5, 5.41) is 10.1. The molecule has 0 bridgehead atoms. The zero-order chi connectivity index (χ0) is 15.6. The maximum atomic E-state index is 12.2. The van der Waals surface area contributed by atoms with Crippen LogP contribution < -0.4 is 5.32 Å². The van der Waals surface area contributed by atoms with Crippen LogP contribution in [0.5, 0.6) is 0 Å². The Labute approximate surface area is 123 Å². The van der Waals surface area contributed by atoms with Crippen molar-refractivity contribution in [3.8, 4) is 0 Å². The van der Waals surface area contributed by atoms with Gasteiger partial charge >= 0.3 is 0 Å². The van der Waals surface area contributed by atoms with E-state index in [9.17, 15) is 13.2 Å². The number of hydrogen-bond acceptors (Lipinski definition) is 6. The van der Waals surface area contributed by atoms with Gasteiger partial charge in [-0.05, 0) is 0 Å². The molecule has 0 saturated heterocycles. The molecule has 20 heavy (non-hydrogen) atoms. The molecule has 1 N–H and O–H groups in total. The molecule has 0 unspecified atom stereocenters. The van der Waals surface area contributed by atoms with Gasteiger partial charge in [0.1, 0.15) is 0 Å². The number of aromatic nitrogens is 2. The highest BCUT2D eigenvalue weighted by Crippen LogP contribution is 2.25. The van der Waals surface area contributed by atoms with Crippen molar-refractivity contribution in [3.63, 3.8) is 0 Å². The van der Waals surface area contributed by atoms with Gasteiger partial charge < -0.3 is 5.32 Å². The SMILES string of the molecule is CCN(CC)S(=O)(=O)c1nnc(NC(=O)C(C)(C)C)s1. The lowest BCUT2D eigenvalue weighted by Gasteiger charge is -2.16. The molecule has 114 valence electrons. The highest BCUT2D eigenvalue weighted by molar-refractivity contribution is 7.91. The maximum Gasteiger partial charge on any atom is 0.272 e. The van der Waals surface area contributed by atoms with Crippen molar-refractivity contribution in [2.45, 2.75) is 39.0 Å². The number of rotatable bonds is 5. The molecular formula is C11H20N4O3S2. The third kappa shape index (κ3) is 3.74. The number of carbonyl (C=O) groups excluding carboxylic acids is 1. The Morgan fingerprint density at radius 3 is 2.25 bits per heavy atom. The molecule has 1 aromatic heterocycles. The van der Waals surface area contributed by atoms with E-state index in [4.69, 9.17) is 0 Å². The average Bonchev–Trinajstić information content (AvgIpc) is 2.78. The fourth-order valence-corrected chi connectivity index (χ4v) is 3.81. The van der Waals surface area contributed by atoms with E-state index in [2.05, 4.69) is 15.5 Å². The van der Waals surface area contributed by atoms with E-state index in [1.807, 2.05) is 0 Å². The standard InChI is InChI=1S/C11H20N4O3S2/c1-6-15(7-2)20(17,18)10-14-13-9(19-10)12-8(16)11(3,4)5/h6-7H2,1-5H3,(H,12,13,16). The Morgan fingerprint density at radius 2 is 1.80 bits per heavy atom. The zero-order valence-corrected chi connectivity index (χ0v) is 13.9. The second-order valence-electron chi connectivity index (χ2n) is 5.17. The number of sulfonamides is 1. The average molecular weight is 320 g/mol. The minimum absolute atomic E-state index is 0.106. The summed E-state index contributed by atoms with van der Waals surface area (Å²) in [6.45, 7) is 9.52. The van der Waals surface area contributed by atoms with Crippen molar-refractivity contribution in [2.75, 3.05) is 18.4 Å². The summed E-state index contributed by atoms with van der Waals surface area (Å²) in [4.78, 5) is 11.8. The molecule has 0 aliphatic carbocycles. The largest absolute Gasteiger partial charge is 0.300 e. The molecular weight excluding hydrogens is 300 g/mol. The molecule has 1 heterocycles. The van der Waals surface area contributed by atoms with Crippen LogP contribution in [-0.2, 0) is 14.8 Å². The van der Waals surface area contributed by atoms with E-state index >= 15 is 0 Å². The van der Waals surface area contributed by atoms with E-state index in [0.29, 0.717) is 13.1 Å². The van der Waals surface area contributed by atoms with E-state index in [1.54, 1.807) is 34.6 Å². The van der Waals surface area contributed by atoms with Gasteiger partial charge in [-0.15, -0.1) is 10.2 Å². The lowest BCUT2D eigenvalue weighted by Crippen LogP contribution is -2.30. The van der Waals surface area contributed by atoms with E-state index in [1.165, 1.54) is 4.31 Å². The van der Waals surface area contributed by atoms with Gasteiger partial charge in [-0.3, -0.25) is 4.79 Å². The number of nitrogens with zero attached hydrogens (tertiary/aromatic N) is 3. The van der Waals surface area contributed by atoms with Gasteiger partial charge in [0.2, 0.25) is 15.4 Å². The predicted octanol–water partition coefficient (Wildman–Crippen LogP) is 1.55. The Morgan fingerprint density at radius 1 is 1.25 bits per heavy atom. The van der Waals surface area contributed by atoms with Crippen molar-refractivity contribution < 1.29 is 13.2 Å². The number of anilines is 1. The van der Waals surface area contributed by atoms with Crippen LogP contribution in [0.4, 0.5) is 5.13 Å². The van der Waals surface area contributed by atoms with Crippen LogP contribution in [-0.4, -0.2) is 41.9 Å². The Bertz CT molecular complexity index is 571. The second kappa shape index (κ2) is 6.15. The third-order valence-electron chi connectivity index (χ3n) is 2.57. The Balaban J connectivity index is 2.96. The van der Waals surface area contributed by atoms with Crippen LogP contribution in [0.25, 0.3) is 0 Å². The highest BCUT2D eigenvalue weighted by Gasteiger charge is 2.28. The maximum absolute atomic E-state index is 12.2. The summed E-state index contributed by atoms with van der Waals surface area (Å²) < 4.78 is 25.6. The molecule has 9 heteroatoms. The molecule has 0 radical (unpaired) electrons. The Kier molecular flexibility index (Phi) is 5.22.